The van der Waals surface area contributed by atoms with Crippen LogP contribution in [0.1, 0.15) is 12.0 Å². The van der Waals surface area contributed by atoms with Gasteiger partial charge in [0.1, 0.15) is 5.75 Å². The Morgan fingerprint density at radius 1 is 1.35 bits per heavy atom. The highest BCUT2D eigenvalue weighted by Gasteiger charge is 2.35. The summed E-state index contributed by atoms with van der Waals surface area (Å²) >= 11 is 0. The second kappa shape index (κ2) is 4.37. The fraction of sp³-hybridized carbons (Fsp3) is 0.364. The molecule has 1 aromatic carbocycles. The van der Waals surface area contributed by atoms with Crippen molar-refractivity contribution >= 4 is 15.9 Å². The Balaban J connectivity index is 2.29. The number of hydrogen-bond acceptors (Lipinski definition) is 4. The summed E-state index contributed by atoms with van der Waals surface area (Å²) in [4.78, 5) is 11.5. The Morgan fingerprint density at radius 2 is 2.06 bits per heavy atom. The van der Waals surface area contributed by atoms with Crippen LogP contribution < -0.4 is 4.74 Å². The van der Waals surface area contributed by atoms with Crippen LogP contribution in [0.3, 0.4) is 0 Å². The Hall–Kier alpha value is -1.56. The number of benzene rings is 1. The first-order valence-corrected chi connectivity index (χ1v) is 6.80. The fourth-order valence-electron chi connectivity index (χ4n) is 1.78. The van der Waals surface area contributed by atoms with E-state index in [1.165, 1.54) is 7.11 Å². The SMILES string of the molecule is COc1ccccc1CN1C(=O)CCS1(=O)=O. The monoisotopic (exact) mass is 255 g/mol. The van der Waals surface area contributed by atoms with Crippen LogP contribution in [0.25, 0.3) is 0 Å². The summed E-state index contributed by atoms with van der Waals surface area (Å²) in [6.07, 6.45) is 0.0669. The smallest absolute Gasteiger partial charge is 0.238 e. The van der Waals surface area contributed by atoms with Gasteiger partial charge in [-0.1, -0.05) is 18.2 Å². The van der Waals surface area contributed by atoms with Crippen molar-refractivity contribution < 1.29 is 17.9 Å². The van der Waals surface area contributed by atoms with Crippen LogP contribution in [0, 0.1) is 0 Å². The number of methoxy groups -OCH3 is 1. The molecule has 0 aromatic heterocycles. The van der Waals surface area contributed by atoms with Crippen molar-refractivity contribution in [3.8, 4) is 5.75 Å². The molecule has 0 spiro atoms. The van der Waals surface area contributed by atoms with Gasteiger partial charge in [0.25, 0.3) is 0 Å². The van der Waals surface area contributed by atoms with Gasteiger partial charge >= 0.3 is 0 Å². The maximum Gasteiger partial charge on any atom is 0.238 e. The quantitative estimate of drug-likeness (QED) is 0.799. The highest BCUT2D eigenvalue weighted by atomic mass is 32.2. The summed E-state index contributed by atoms with van der Waals surface area (Å²) in [5.41, 5.74) is 0.689. The van der Waals surface area contributed by atoms with Crippen LogP contribution in [-0.2, 0) is 21.4 Å². The summed E-state index contributed by atoms with van der Waals surface area (Å²) in [5.74, 6) is 0.138. The second-order valence-corrected chi connectivity index (χ2v) is 5.79. The van der Waals surface area contributed by atoms with Crippen molar-refractivity contribution in [2.24, 2.45) is 0 Å². The highest BCUT2D eigenvalue weighted by Crippen LogP contribution is 2.24. The van der Waals surface area contributed by atoms with Gasteiger partial charge < -0.3 is 4.74 Å². The number of carbonyl (C=O) groups is 1. The third-order valence-corrected chi connectivity index (χ3v) is 4.42. The minimum absolute atomic E-state index is 0.0468. The lowest BCUT2D eigenvalue weighted by Gasteiger charge is -2.16. The van der Waals surface area contributed by atoms with Crippen LogP contribution >= 0.6 is 0 Å². The van der Waals surface area contributed by atoms with Crippen molar-refractivity contribution in [3.05, 3.63) is 29.8 Å². The molecule has 17 heavy (non-hydrogen) atoms. The van der Waals surface area contributed by atoms with E-state index in [2.05, 4.69) is 0 Å². The predicted octanol–water partition coefficient (Wildman–Crippen LogP) is 0.757. The first-order chi connectivity index (χ1) is 8.04. The van der Waals surface area contributed by atoms with E-state index in [-0.39, 0.29) is 24.6 Å². The highest BCUT2D eigenvalue weighted by molar-refractivity contribution is 7.90. The van der Waals surface area contributed by atoms with Crippen molar-refractivity contribution in [3.63, 3.8) is 0 Å². The van der Waals surface area contributed by atoms with Crippen molar-refractivity contribution in [1.82, 2.24) is 4.31 Å². The minimum atomic E-state index is -3.43. The molecule has 1 aliphatic rings. The molecule has 0 unspecified atom stereocenters. The van der Waals surface area contributed by atoms with E-state index in [1.807, 2.05) is 0 Å². The van der Waals surface area contributed by atoms with Gasteiger partial charge in [0, 0.05) is 12.0 Å². The second-order valence-electron chi connectivity index (χ2n) is 3.78. The number of hydrogen-bond donors (Lipinski definition) is 0. The lowest BCUT2D eigenvalue weighted by molar-refractivity contribution is -0.125. The van der Waals surface area contributed by atoms with Gasteiger partial charge in [-0.3, -0.25) is 4.79 Å². The lowest BCUT2D eigenvalue weighted by Crippen LogP contribution is -2.29. The zero-order valence-corrected chi connectivity index (χ0v) is 10.2. The molecule has 6 heteroatoms. The zero-order valence-electron chi connectivity index (χ0n) is 9.42. The lowest BCUT2D eigenvalue weighted by atomic mass is 10.2. The van der Waals surface area contributed by atoms with Crippen molar-refractivity contribution in [2.75, 3.05) is 12.9 Å². The van der Waals surface area contributed by atoms with Gasteiger partial charge in [0.05, 0.1) is 19.4 Å². The number of amides is 1. The Bertz CT molecular complexity index is 538. The predicted molar refractivity (Wildman–Crippen MR) is 61.9 cm³/mol. The van der Waals surface area contributed by atoms with E-state index in [4.69, 9.17) is 4.74 Å². The normalized spacial score (nSPS) is 18.4. The molecule has 0 saturated carbocycles. The first-order valence-electron chi connectivity index (χ1n) is 5.20. The summed E-state index contributed by atoms with van der Waals surface area (Å²) in [6.45, 7) is 0.0468. The summed E-state index contributed by atoms with van der Waals surface area (Å²) in [6, 6.07) is 7.07. The van der Waals surface area contributed by atoms with Crippen LogP contribution in [0.2, 0.25) is 0 Å². The number of rotatable bonds is 3. The Kier molecular flexibility index (Phi) is 3.06. The molecule has 5 nitrogen and oxygen atoms in total. The van der Waals surface area contributed by atoms with E-state index in [0.29, 0.717) is 11.3 Å². The van der Waals surface area contributed by atoms with E-state index in [1.54, 1.807) is 24.3 Å². The standard InChI is InChI=1S/C11H13NO4S/c1-16-10-5-3-2-4-9(10)8-12-11(13)6-7-17(12,14)15/h2-5H,6-8H2,1H3. The van der Waals surface area contributed by atoms with E-state index >= 15 is 0 Å². The van der Waals surface area contributed by atoms with E-state index in [9.17, 15) is 13.2 Å². The first kappa shape index (κ1) is 11.9. The van der Waals surface area contributed by atoms with Crippen molar-refractivity contribution in [2.45, 2.75) is 13.0 Å². The fourth-order valence-corrected chi connectivity index (χ4v) is 3.17. The van der Waals surface area contributed by atoms with Gasteiger partial charge in [-0.2, -0.15) is 0 Å². The van der Waals surface area contributed by atoms with Gasteiger partial charge in [0.15, 0.2) is 0 Å². The molecule has 2 rings (SSSR count). The van der Waals surface area contributed by atoms with Crippen LogP contribution in [0.15, 0.2) is 24.3 Å². The largest absolute Gasteiger partial charge is 0.496 e. The zero-order chi connectivity index (χ0) is 12.5. The van der Waals surface area contributed by atoms with Gasteiger partial charge in [-0.05, 0) is 6.07 Å². The maximum atomic E-state index is 11.6. The van der Waals surface area contributed by atoms with Gasteiger partial charge in [0.2, 0.25) is 15.9 Å². The Labute approximate surface area is 100 Å². The van der Waals surface area contributed by atoms with E-state index in [0.717, 1.165) is 4.31 Å². The van der Waals surface area contributed by atoms with Crippen LogP contribution in [0.4, 0.5) is 0 Å². The number of ether oxygens (including phenoxy) is 1. The van der Waals surface area contributed by atoms with Crippen molar-refractivity contribution in [1.29, 1.82) is 0 Å². The summed E-state index contributed by atoms with van der Waals surface area (Å²) < 4.78 is 29.3. The number of carbonyl (C=O) groups excluding carboxylic acids is 1. The molecule has 1 amide bonds. The van der Waals surface area contributed by atoms with Gasteiger partial charge in [-0.15, -0.1) is 0 Å². The molecule has 0 atom stereocenters. The molecule has 0 radical (unpaired) electrons. The average molecular weight is 255 g/mol. The molecule has 92 valence electrons. The third-order valence-electron chi connectivity index (χ3n) is 2.69. The molecule has 1 aromatic rings. The minimum Gasteiger partial charge on any atom is -0.496 e. The van der Waals surface area contributed by atoms with Gasteiger partial charge in [-0.25, -0.2) is 12.7 Å². The molecule has 0 N–H and O–H groups in total. The molecule has 1 fully saturated rings. The number of sulfonamides is 1. The van der Waals surface area contributed by atoms with E-state index < -0.39 is 10.0 Å². The van der Waals surface area contributed by atoms with Crippen LogP contribution in [-0.4, -0.2) is 31.5 Å². The Morgan fingerprint density at radius 3 is 2.65 bits per heavy atom. The number of para-hydroxylation sites is 1. The maximum absolute atomic E-state index is 11.6. The number of nitrogens with zero attached hydrogens (tertiary/aromatic N) is 1. The summed E-state index contributed by atoms with van der Waals surface area (Å²) in [7, 11) is -1.92. The molecular weight excluding hydrogens is 242 g/mol. The molecule has 0 bridgehead atoms. The topological polar surface area (TPSA) is 63.7 Å². The average Bonchev–Trinajstić information content (AvgIpc) is 2.57. The molecule has 1 saturated heterocycles. The summed E-state index contributed by atoms with van der Waals surface area (Å²) in [5, 5.41) is 0. The molecule has 1 aliphatic heterocycles. The molecular formula is C11H13NO4S. The third kappa shape index (κ3) is 2.26. The molecule has 0 aliphatic carbocycles. The van der Waals surface area contributed by atoms with Crippen LogP contribution in [0.5, 0.6) is 5.75 Å². The molecule has 1 heterocycles.